The van der Waals surface area contributed by atoms with Gasteiger partial charge in [-0.2, -0.15) is 5.26 Å². The van der Waals surface area contributed by atoms with E-state index in [9.17, 15) is 10.1 Å². The number of ether oxygens (including phenoxy) is 1. The molecule has 0 aliphatic heterocycles. The van der Waals surface area contributed by atoms with Crippen LogP contribution >= 0.6 is 50.1 Å². The minimum atomic E-state index is -0.488. The average molecular weight is 608 g/mol. The van der Waals surface area contributed by atoms with E-state index in [1.54, 1.807) is 24.3 Å². The number of anilines is 1. The molecular formula is C24H17BrClIN2O2. The van der Waals surface area contributed by atoms with E-state index in [0.29, 0.717) is 17.3 Å². The Bertz CT molecular complexity index is 1190. The van der Waals surface area contributed by atoms with Gasteiger partial charge in [-0.25, -0.2) is 0 Å². The maximum Gasteiger partial charge on any atom is 0.266 e. The summed E-state index contributed by atoms with van der Waals surface area (Å²) >= 11 is 11.7. The maximum absolute atomic E-state index is 12.6. The minimum Gasteiger partial charge on any atom is -0.488 e. The molecule has 0 aromatic heterocycles. The maximum atomic E-state index is 12.6. The predicted molar refractivity (Wildman–Crippen MR) is 136 cm³/mol. The monoisotopic (exact) mass is 606 g/mol. The van der Waals surface area contributed by atoms with Gasteiger partial charge >= 0.3 is 0 Å². The third-order valence-corrected chi connectivity index (χ3v) is 6.24. The average Bonchev–Trinajstić information content (AvgIpc) is 2.75. The number of nitrogens with zero attached hydrogens (tertiary/aromatic N) is 1. The van der Waals surface area contributed by atoms with Gasteiger partial charge in [-0.1, -0.05) is 51.8 Å². The first-order valence-electron chi connectivity index (χ1n) is 9.22. The van der Waals surface area contributed by atoms with Gasteiger partial charge in [0.05, 0.1) is 3.57 Å². The van der Waals surface area contributed by atoms with E-state index < -0.39 is 5.91 Å². The van der Waals surface area contributed by atoms with Crippen molar-refractivity contribution in [2.75, 3.05) is 5.32 Å². The van der Waals surface area contributed by atoms with E-state index in [4.69, 9.17) is 16.3 Å². The van der Waals surface area contributed by atoms with Crippen LogP contribution in [0, 0.1) is 21.8 Å². The highest BCUT2D eigenvalue weighted by Gasteiger charge is 2.12. The van der Waals surface area contributed by atoms with Crippen molar-refractivity contribution in [3.63, 3.8) is 0 Å². The summed E-state index contributed by atoms with van der Waals surface area (Å²) in [5.41, 5.74) is 3.11. The zero-order valence-corrected chi connectivity index (χ0v) is 21.0. The van der Waals surface area contributed by atoms with E-state index in [1.807, 2.05) is 55.5 Å². The van der Waals surface area contributed by atoms with Crippen molar-refractivity contribution in [3.05, 3.63) is 96.0 Å². The molecule has 4 nitrogen and oxygen atoms in total. The van der Waals surface area contributed by atoms with Crippen molar-refractivity contribution in [2.45, 2.75) is 13.5 Å². The summed E-state index contributed by atoms with van der Waals surface area (Å²) in [5, 5.41) is 12.8. The number of nitrogens with one attached hydrogen (secondary N) is 1. The molecule has 0 fully saturated rings. The highest BCUT2D eigenvalue weighted by Crippen LogP contribution is 2.26. The molecule has 1 amide bonds. The number of carbonyl (C=O) groups excluding carboxylic acids is 1. The van der Waals surface area contributed by atoms with Gasteiger partial charge in [-0.15, -0.1) is 0 Å². The van der Waals surface area contributed by atoms with Gasteiger partial charge in [0.15, 0.2) is 0 Å². The summed E-state index contributed by atoms with van der Waals surface area (Å²) in [6, 6.07) is 20.6. The smallest absolute Gasteiger partial charge is 0.266 e. The molecule has 0 radical (unpaired) electrons. The summed E-state index contributed by atoms with van der Waals surface area (Å²) in [6.45, 7) is 2.26. The van der Waals surface area contributed by atoms with Crippen LogP contribution in [0.1, 0.15) is 16.7 Å². The molecule has 0 aliphatic rings. The van der Waals surface area contributed by atoms with Gasteiger partial charge < -0.3 is 10.1 Å². The predicted octanol–water partition coefficient (Wildman–Crippen LogP) is 7.14. The standard InChI is InChI=1S/C24H17BrClIN2O2/c1-15-20(26)3-2-4-22(15)29-24(30)18(13-28)11-17-7-10-23(21(27)12-17)31-14-16-5-8-19(25)9-6-16/h2-12H,14H2,1H3,(H,29,30)/b18-11-. The summed E-state index contributed by atoms with van der Waals surface area (Å²) in [7, 11) is 0. The molecule has 0 saturated heterocycles. The van der Waals surface area contributed by atoms with Crippen molar-refractivity contribution in [1.29, 1.82) is 5.26 Å². The molecule has 0 saturated carbocycles. The summed E-state index contributed by atoms with van der Waals surface area (Å²) < 4.78 is 7.80. The Morgan fingerprint density at radius 3 is 2.65 bits per heavy atom. The third-order valence-electron chi connectivity index (χ3n) is 4.46. The van der Waals surface area contributed by atoms with Crippen LogP contribution in [0.2, 0.25) is 5.02 Å². The molecular weight excluding hydrogens is 591 g/mol. The number of amides is 1. The second-order valence-electron chi connectivity index (χ2n) is 6.64. The molecule has 3 aromatic rings. The number of halogens is 3. The molecule has 0 bridgehead atoms. The van der Waals surface area contributed by atoms with Gasteiger partial charge in [0.1, 0.15) is 24.0 Å². The lowest BCUT2D eigenvalue weighted by molar-refractivity contribution is -0.112. The van der Waals surface area contributed by atoms with Crippen LogP contribution < -0.4 is 10.1 Å². The second-order valence-corrected chi connectivity index (χ2v) is 9.13. The van der Waals surface area contributed by atoms with Crippen LogP contribution in [-0.4, -0.2) is 5.91 Å². The molecule has 0 aliphatic carbocycles. The normalized spacial score (nSPS) is 11.0. The lowest BCUT2D eigenvalue weighted by Crippen LogP contribution is -2.14. The van der Waals surface area contributed by atoms with Crippen LogP contribution in [0.15, 0.2) is 70.7 Å². The molecule has 1 N–H and O–H groups in total. The number of carbonyl (C=O) groups is 1. The first-order valence-corrected chi connectivity index (χ1v) is 11.5. The molecule has 3 rings (SSSR count). The summed E-state index contributed by atoms with van der Waals surface area (Å²) in [5.74, 6) is 0.247. The fraction of sp³-hybridized carbons (Fsp3) is 0.0833. The zero-order chi connectivity index (χ0) is 22.4. The number of benzene rings is 3. The Morgan fingerprint density at radius 1 is 1.23 bits per heavy atom. The highest BCUT2D eigenvalue weighted by molar-refractivity contribution is 14.1. The topological polar surface area (TPSA) is 62.1 Å². The molecule has 7 heteroatoms. The van der Waals surface area contributed by atoms with Crippen LogP contribution in [0.5, 0.6) is 5.75 Å². The first kappa shape index (κ1) is 23.3. The largest absolute Gasteiger partial charge is 0.488 e. The van der Waals surface area contributed by atoms with E-state index in [1.165, 1.54) is 0 Å². The Labute approximate surface area is 208 Å². The third kappa shape index (κ3) is 6.33. The first-order chi connectivity index (χ1) is 14.9. The van der Waals surface area contributed by atoms with E-state index in [0.717, 1.165) is 30.5 Å². The molecule has 0 atom stereocenters. The van der Waals surface area contributed by atoms with Crippen molar-refractivity contribution < 1.29 is 9.53 Å². The quantitative estimate of drug-likeness (QED) is 0.184. The van der Waals surface area contributed by atoms with Crippen LogP contribution in [-0.2, 0) is 11.4 Å². The Balaban J connectivity index is 1.72. The molecule has 156 valence electrons. The Hall–Kier alpha value is -2.34. The zero-order valence-electron chi connectivity index (χ0n) is 16.5. The van der Waals surface area contributed by atoms with Gasteiger partial charge in [-0.05, 0) is 88.7 Å². The lowest BCUT2D eigenvalue weighted by Gasteiger charge is -2.10. The molecule has 31 heavy (non-hydrogen) atoms. The minimum absolute atomic E-state index is 0.00120. The van der Waals surface area contributed by atoms with Gasteiger partial charge in [-0.3, -0.25) is 4.79 Å². The van der Waals surface area contributed by atoms with Crippen LogP contribution in [0.3, 0.4) is 0 Å². The number of hydrogen-bond donors (Lipinski definition) is 1. The number of rotatable bonds is 6. The van der Waals surface area contributed by atoms with Crippen LogP contribution in [0.4, 0.5) is 5.69 Å². The summed E-state index contributed by atoms with van der Waals surface area (Å²) in [6.07, 6.45) is 1.55. The van der Waals surface area contributed by atoms with E-state index >= 15 is 0 Å². The Morgan fingerprint density at radius 2 is 1.97 bits per heavy atom. The van der Waals surface area contributed by atoms with Crippen molar-refractivity contribution >= 4 is 67.8 Å². The SMILES string of the molecule is Cc1c(Cl)cccc1NC(=O)/C(C#N)=C\c1ccc(OCc2ccc(Br)cc2)c(I)c1. The summed E-state index contributed by atoms with van der Waals surface area (Å²) in [4.78, 5) is 12.6. The highest BCUT2D eigenvalue weighted by atomic mass is 127. The molecule has 3 aromatic carbocycles. The van der Waals surface area contributed by atoms with Crippen molar-refractivity contribution in [2.24, 2.45) is 0 Å². The van der Waals surface area contributed by atoms with Gasteiger partial charge in [0.2, 0.25) is 0 Å². The Kier molecular flexibility index (Phi) is 8.13. The fourth-order valence-electron chi connectivity index (χ4n) is 2.71. The second kappa shape index (κ2) is 10.8. The molecule has 0 spiro atoms. The van der Waals surface area contributed by atoms with Gasteiger partial charge in [0, 0.05) is 15.2 Å². The van der Waals surface area contributed by atoms with Gasteiger partial charge in [0.25, 0.3) is 5.91 Å². The van der Waals surface area contributed by atoms with E-state index in [2.05, 4.69) is 43.8 Å². The van der Waals surface area contributed by atoms with E-state index in [-0.39, 0.29) is 5.57 Å². The number of hydrogen-bond acceptors (Lipinski definition) is 3. The van der Waals surface area contributed by atoms with Crippen LogP contribution in [0.25, 0.3) is 6.08 Å². The van der Waals surface area contributed by atoms with Crippen molar-refractivity contribution in [3.8, 4) is 11.8 Å². The fourth-order valence-corrected chi connectivity index (χ4v) is 3.85. The molecule has 0 unspecified atom stereocenters. The van der Waals surface area contributed by atoms with Crippen molar-refractivity contribution in [1.82, 2.24) is 0 Å². The lowest BCUT2D eigenvalue weighted by atomic mass is 10.1. The molecule has 0 heterocycles. The number of nitriles is 1.